The number of methoxy groups -OCH3 is 1. The Morgan fingerprint density at radius 3 is 2.55 bits per heavy atom. The number of nitrogens with one attached hydrogen (secondary N) is 1. The molecule has 0 radical (unpaired) electrons. The molecule has 9 heteroatoms. The Kier molecular flexibility index (Phi) is 7.50. The first-order valence-electron chi connectivity index (χ1n) is 9.54. The Hall–Kier alpha value is -2.66. The molecule has 1 saturated heterocycles. The van der Waals surface area contributed by atoms with E-state index in [2.05, 4.69) is 27.9 Å². The molecule has 0 atom stereocenters. The zero-order chi connectivity index (χ0) is 22.5. The number of rotatable bonds is 7. The van der Waals surface area contributed by atoms with Gasteiger partial charge in [0.05, 0.1) is 29.6 Å². The highest BCUT2D eigenvalue weighted by Gasteiger charge is 2.34. The van der Waals surface area contributed by atoms with Gasteiger partial charge in [0.2, 0.25) is 0 Å². The van der Waals surface area contributed by atoms with Crippen LogP contribution in [0.15, 0.2) is 42.0 Å². The first-order chi connectivity index (χ1) is 14.9. The molecule has 1 aliphatic heterocycles. The van der Waals surface area contributed by atoms with Crippen LogP contribution >= 0.6 is 34.8 Å². The van der Waals surface area contributed by atoms with Gasteiger partial charge in [-0.1, -0.05) is 6.07 Å². The lowest BCUT2D eigenvalue weighted by Gasteiger charge is -2.29. The summed E-state index contributed by atoms with van der Waals surface area (Å²) in [7, 11) is 1.54. The van der Waals surface area contributed by atoms with E-state index in [1.54, 1.807) is 30.3 Å². The zero-order valence-electron chi connectivity index (χ0n) is 17.2. The number of carbonyl (C=O) groups excluding carboxylic acids is 2. The van der Waals surface area contributed by atoms with Crippen LogP contribution in [0, 0.1) is 3.57 Å². The lowest BCUT2D eigenvalue weighted by Crippen LogP contribution is -2.54. The molecule has 3 rings (SSSR count). The average molecular weight is 552 g/mol. The van der Waals surface area contributed by atoms with E-state index in [0.29, 0.717) is 41.7 Å². The number of nitrogens with zero attached hydrogens (tertiary/aromatic N) is 1. The summed E-state index contributed by atoms with van der Waals surface area (Å²) < 4.78 is 17.4. The van der Waals surface area contributed by atoms with Crippen LogP contribution < -0.4 is 24.4 Å². The molecule has 0 spiro atoms. The van der Waals surface area contributed by atoms with Crippen molar-refractivity contribution in [1.82, 2.24) is 5.32 Å². The maximum absolute atomic E-state index is 13.2. The minimum Gasteiger partial charge on any atom is -0.494 e. The summed E-state index contributed by atoms with van der Waals surface area (Å²) >= 11 is 7.39. The summed E-state index contributed by atoms with van der Waals surface area (Å²) in [5, 5.41) is 2.60. The topological polar surface area (TPSA) is 77.1 Å². The molecule has 7 nitrogen and oxygen atoms in total. The average Bonchev–Trinajstić information content (AvgIpc) is 2.73. The summed E-state index contributed by atoms with van der Waals surface area (Å²) in [5.41, 5.74) is 1.09. The molecule has 0 aliphatic carbocycles. The Morgan fingerprint density at radius 2 is 1.87 bits per heavy atom. The smallest absolute Gasteiger partial charge is 0.270 e. The number of hydrogen-bond acceptors (Lipinski definition) is 6. The molecule has 2 aromatic rings. The second-order valence-electron chi connectivity index (χ2n) is 6.36. The van der Waals surface area contributed by atoms with E-state index in [4.69, 9.17) is 26.4 Å². The van der Waals surface area contributed by atoms with Gasteiger partial charge in [0, 0.05) is 6.07 Å². The van der Waals surface area contributed by atoms with Crippen molar-refractivity contribution >= 4 is 63.5 Å². The van der Waals surface area contributed by atoms with Gasteiger partial charge in [-0.05, 0) is 84.6 Å². The highest BCUT2D eigenvalue weighted by atomic mass is 127. The standard InChI is InChI=1S/C22H21IN2O5S/c1-4-29-15-8-6-7-14(12-15)25-21(27)16(20(26)24-22(25)31)9-13-10-17(23)19(30-5-2)18(11-13)28-3/h6-12H,4-5H2,1-3H3,(H,24,26,31)/b16-9-. The van der Waals surface area contributed by atoms with E-state index >= 15 is 0 Å². The van der Waals surface area contributed by atoms with Crippen molar-refractivity contribution in [2.75, 3.05) is 25.2 Å². The molecular weight excluding hydrogens is 531 g/mol. The van der Waals surface area contributed by atoms with Crippen molar-refractivity contribution in [3.8, 4) is 17.2 Å². The maximum Gasteiger partial charge on any atom is 0.270 e. The summed E-state index contributed by atoms with van der Waals surface area (Å²) in [4.78, 5) is 27.1. The molecule has 2 amide bonds. The molecular formula is C22H21IN2O5S. The van der Waals surface area contributed by atoms with E-state index in [1.807, 2.05) is 19.9 Å². The van der Waals surface area contributed by atoms with Gasteiger partial charge < -0.3 is 14.2 Å². The monoisotopic (exact) mass is 552 g/mol. The van der Waals surface area contributed by atoms with Crippen molar-refractivity contribution < 1.29 is 23.8 Å². The zero-order valence-corrected chi connectivity index (χ0v) is 20.2. The summed E-state index contributed by atoms with van der Waals surface area (Å²) in [5.74, 6) is 0.646. The molecule has 0 bridgehead atoms. The number of halogens is 1. The molecule has 162 valence electrons. The van der Waals surface area contributed by atoms with Crippen molar-refractivity contribution in [2.24, 2.45) is 0 Å². The van der Waals surface area contributed by atoms with Crippen LogP contribution in [0.1, 0.15) is 19.4 Å². The fraction of sp³-hybridized carbons (Fsp3) is 0.227. The van der Waals surface area contributed by atoms with E-state index in [-0.39, 0.29) is 10.7 Å². The summed E-state index contributed by atoms with van der Waals surface area (Å²) in [6.07, 6.45) is 1.51. The number of ether oxygens (including phenoxy) is 3. The van der Waals surface area contributed by atoms with Gasteiger partial charge in [-0.3, -0.25) is 19.8 Å². The molecule has 0 saturated carbocycles. The van der Waals surface area contributed by atoms with Crippen LogP contribution in [-0.4, -0.2) is 37.3 Å². The molecule has 1 N–H and O–H groups in total. The number of anilines is 1. The predicted octanol–water partition coefficient (Wildman–Crippen LogP) is 3.93. The third kappa shape index (κ3) is 4.99. The Balaban J connectivity index is 2.01. The van der Waals surface area contributed by atoms with Crippen molar-refractivity contribution in [3.63, 3.8) is 0 Å². The SMILES string of the molecule is CCOc1cccc(N2C(=O)/C(=C\c3cc(I)c(OCC)c(OC)c3)C(=O)NC2=S)c1. The van der Waals surface area contributed by atoms with Crippen LogP contribution in [0.3, 0.4) is 0 Å². The molecule has 31 heavy (non-hydrogen) atoms. The maximum atomic E-state index is 13.2. The van der Waals surface area contributed by atoms with E-state index in [9.17, 15) is 9.59 Å². The molecule has 0 aromatic heterocycles. The largest absolute Gasteiger partial charge is 0.494 e. The number of amides is 2. The molecule has 1 fully saturated rings. The highest BCUT2D eigenvalue weighted by molar-refractivity contribution is 14.1. The van der Waals surface area contributed by atoms with Crippen molar-refractivity contribution in [3.05, 3.63) is 51.1 Å². The lowest BCUT2D eigenvalue weighted by molar-refractivity contribution is -0.122. The Bertz CT molecular complexity index is 1070. The van der Waals surface area contributed by atoms with E-state index in [0.717, 1.165) is 3.57 Å². The van der Waals surface area contributed by atoms with Gasteiger partial charge in [-0.25, -0.2) is 0 Å². The summed E-state index contributed by atoms with van der Waals surface area (Å²) in [6.45, 7) is 4.73. The third-order valence-corrected chi connectivity index (χ3v) is 5.43. The van der Waals surface area contributed by atoms with Crippen LogP contribution in [0.25, 0.3) is 6.08 Å². The van der Waals surface area contributed by atoms with Crippen LogP contribution in [-0.2, 0) is 9.59 Å². The van der Waals surface area contributed by atoms with Crippen LogP contribution in [0.2, 0.25) is 0 Å². The van der Waals surface area contributed by atoms with Crippen LogP contribution in [0.5, 0.6) is 17.2 Å². The number of hydrogen-bond donors (Lipinski definition) is 1. The second kappa shape index (κ2) is 10.1. The van der Waals surface area contributed by atoms with Gasteiger partial charge in [0.15, 0.2) is 16.6 Å². The number of thiocarbonyl (C=S) groups is 1. The summed E-state index contributed by atoms with van der Waals surface area (Å²) in [6, 6.07) is 10.5. The predicted molar refractivity (Wildman–Crippen MR) is 131 cm³/mol. The van der Waals surface area contributed by atoms with E-state index in [1.165, 1.54) is 18.1 Å². The first kappa shape index (κ1) is 23.0. The Morgan fingerprint density at radius 1 is 1.13 bits per heavy atom. The number of benzene rings is 2. The number of carbonyl (C=O) groups is 2. The normalized spacial score (nSPS) is 15.2. The van der Waals surface area contributed by atoms with Crippen LogP contribution in [0.4, 0.5) is 5.69 Å². The Labute approximate surface area is 199 Å². The van der Waals surface area contributed by atoms with Crippen molar-refractivity contribution in [1.29, 1.82) is 0 Å². The van der Waals surface area contributed by atoms with Gasteiger partial charge >= 0.3 is 0 Å². The van der Waals surface area contributed by atoms with Gasteiger partial charge in [0.25, 0.3) is 11.8 Å². The fourth-order valence-electron chi connectivity index (χ4n) is 3.05. The minimum absolute atomic E-state index is 0.0136. The molecule has 2 aromatic carbocycles. The highest BCUT2D eigenvalue weighted by Crippen LogP contribution is 2.35. The van der Waals surface area contributed by atoms with Gasteiger partial charge in [-0.15, -0.1) is 0 Å². The fourth-order valence-corrected chi connectivity index (χ4v) is 4.11. The lowest BCUT2D eigenvalue weighted by atomic mass is 10.1. The third-order valence-electron chi connectivity index (χ3n) is 4.34. The molecule has 0 unspecified atom stereocenters. The van der Waals surface area contributed by atoms with E-state index < -0.39 is 11.8 Å². The minimum atomic E-state index is -0.560. The first-order valence-corrected chi connectivity index (χ1v) is 11.0. The molecule has 1 heterocycles. The van der Waals surface area contributed by atoms with Gasteiger partial charge in [-0.2, -0.15) is 0 Å². The molecule has 1 aliphatic rings. The van der Waals surface area contributed by atoms with Crippen molar-refractivity contribution in [2.45, 2.75) is 13.8 Å². The second-order valence-corrected chi connectivity index (χ2v) is 7.90. The van der Waals surface area contributed by atoms with Gasteiger partial charge in [0.1, 0.15) is 11.3 Å². The quantitative estimate of drug-likeness (QED) is 0.243.